The first kappa shape index (κ1) is 10.3. The van der Waals surface area contributed by atoms with Gasteiger partial charge in [-0.3, -0.25) is 24.3 Å². The molecule has 3 aromatic rings. The third kappa shape index (κ3) is 1.41. The van der Waals surface area contributed by atoms with Gasteiger partial charge in [-0.2, -0.15) is 0 Å². The molecule has 7 nitrogen and oxygen atoms in total. The van der Waals surface area contributed by atoms with Gasteiger partial charge in [-0.05, 0) is 12.1 Å². The van der Waals surface area contributed by atoms with Crippen LogP contribution in [0.5, 0.6) is 0 Å². The number of para-hydroxylation sites is 1. The van der Waals surface area contributed by atoms with Crippen LogP contribution in [0.15, 0.2) is 44.7 Å². The van der Waals surface area contributed by atoms with Gasteiger partial charge in [-0.1, -0.05) is 18.2 Å². The number of rotatable bonds is 1. The van der Waals surface area contributed by atoms with Gasteiger partial charge < -0.3 is 0 Å². The topological polar surface area (TPSA) is 104 Å². The number of nitrogens with one attached hydrogen (secondary N) is 3. The molecule has 0 aliphatic rings. The van der Waals surface area contributed by atoms with Gasteiger partial charge in [-0.25, -0.2) is 9.59 Å². The van der Waals surface area contributed by atoms with Gasteiger partial charge in [0.15, 0.2) is 5.52 Å². The number of aromatic amines is 3. The highest BCUT2D eigenvalue weighted by molar-refractivity contribution is 5.71. The number of H-pyrrole nitrogens is 3. The highest BCUT2D eigenvalue weighted by atomic mass is 16.2. The molecule has 90 valence electrons. The Bertz CT molecular complexity index is 882. The van der Waals surface area contributed by atoms with E-state index in [1.807, 2.05) is 0 Å². The van der Waals surface area contributed by atoms with Crippen LogP contribution in [-0.2, 0) is 0 Å². The van der Waals surface area contributed by atoms with E-state index in [2.05, 4.69) is 15.0 Å². The largest absolute Gasteiger partial charge is 0.332 e. The number of hydrogen-bond donors (Lipinski definition) is 3. The van der Waals surface area contributed by atoms with Crippen LogP contribution < -0.4 is 16.9 Å². The highest BCUT2D eigenvalue weighted by Gasteiger charge is 2.12. The minimum atomic E-state index is -0.658. The van der Waals surface area contributed by atoms with Gasteiger partial charge in [-0.15, -0.1) is 0 Å². The minimum absolute atomic E-state index is 0.0887. The second-order valence-electron chi connectivity index (χ2n) is 3.73. The Morgan fingerprint density at radius 2 is 1.61 bits per heavy atom. The molecule has 0 spiro atoms. The normalized spacial score (nSPS) is 10.9. The van der Waals surface area contributed by atoms with Crippen LogP contribution in [0.4, 0.5) is 0 Å². The van der Waals surface area contributed by atoms with E-state index in [0.29, 0.717) is 5.69 Å². The predicted molar refractivity (Wildman–Crippen MR) is 65.1 cm³/mol. The van der Waals surface area contributed by atoms with E-state index in [1.165, 1.54) is 4.57 Å². The summed E-state index contributed by atoms with van der Waals surface area (Å²) < 4.78 is 1.21. The maximum atomic E-state index is 11.8. The molecule has 0 unspecified atom stereocenters. The molecule has 0 amide bonds. The standard InChI is InChI=1S/C11H8N4O3/c16-9-7-8(12-10(17)14-9)13-11(18)15(7)6-4-2-1-3-5-6/h1-5H,(H3,12,13,14,16,17,18). The van der Waals surface area contributed by atoms with Gasteiger partial charge in [0.05, 0.1) is 5.69 Å². The number of benzene rings is 1. The van der Waals surface area contributed by atoms with E-state index in [-0.39, 0.29) is 11.2 Å². The number of nitrogens with zero attached hydrogens (tertiary/aromatic N) is 1. The van der Waals surface area contributed by atoms with Crippen molar-refractivity contribution in [2.75, 3.05) is 0 Å². The summed E-state index contributed by atoms with van der Waals surface area (Å²) in [4.78, 5) is 41.6. The monoisotopic (exact) mass is 244 g/mol. The Kier molecular flexibility index (Phi) is 2.06. The van der Waals surface area contributed by atoms with Gasteiger partial charge in [0.2, 0.25) is 0 Å². The third-order valence-corrected chi connectivity index (χ3v) is 2.59. The lowest BCUT2D eigenvalue weighted by Gasteiger charge is -2.00. The zero-order chi connectivity index (χ0) is 12.7. The lowest BCUT2D eigenvalue weighted by molar-refractivity contribution is 1.00. The van der Waals surface area contributed by atoms with Crippen LogP contribution in [0.25, 0.3) is 16.9 Å². The molecule has 0 aliphatic heterocycles. The summed E-state index contributed by atoms with van der Waals surface area (Å²) >= 11 is 0. The zero-order valence-corrected chi connectivity index (χ0v) is 9.06. The smallest absolute Gasteiger partial charge is 0.292 e. The first-order valence-corrected chi connectivity index (χ1v) is 5.19. The molecule has 0 fully saturated rings. The van der Waals surface area contributed by atoms with E-state index in [0.717, 1.165) is 0 Å². The molecule has 3 N–H and O–H groups in total. The number of imidazole rings is 1. The van der Waals surface area contributed by atoms with Crippen LogP contribution in [0.3, 0.4) is 0 Å². The SMILES string of the molecule is O=c1[nH]c(=O)c2c([nH]1)[nH]c(=O)n2-c1ccccc1. The summed E-state index contributed by atoms with van der Waals surface area (Å²) in [5.74, 6) is 0. The van der Waals surface area contributed by atoms with E-state index >= 15 is 0 Å². The van der Waals surface area contributed by atoms with Crippen LogP contribution in [0, 0.1) is 0 Å². The quantitative estimate of drug-likeness (QED) is 0.547. The Morgan fingerprint density at radius 3 is 2.33 bits per heavy atom. The van der Waals surface area contributed by atoms with E-state index in [9.17, 15) is 14.4 Å². The highest BCUT2D eigenvalue weighted by Crippen LogP contribution is 2.08. The van der Waals surface area contributed by atoms with Crippen LogP contribution in [-0.4, -0.2) is 19.5 Å². The molecule has 18 heavy (non-hydrogen) atoms. The molecule has 0 bridgehead atoms. The second-order valence-corrected chi connectivity index (χ2v) is 3.73. The average molecular weight is 244 g/mol. The molecule has 2 aromatic heterocycles. The van der Waals surface area contributed by atoms with Crippen molar-refractivity contribution in [1.82, 2.24) is 19.5 Å². The summed E-state index contributed by atoms with van der Waals surface area (Å²) in [5.41, 5.74) is -1.01. The summed E-state index contributed by atoms with van der Waals surface area (Å²) in [5, 5.41) is 0. The predicted octanol–water partition coefficient (Wildman–Crippen LogP) is -0.305. The van der Waals surface area contributed by atoms with Gasteiger partial charge in [0.25, 0.3) is 5.56 Å². The molecule has 3 rings (SSSR count). The van der Waals surface area contributed by atoms with Crippen molar-refractivity contribution in [1.29, 1.82) is 0 Å². The van der Waals surface area contributed by atoms with Crippen molar-refractivity contribution in [3.63, 3.8) is 0 Å². The molecular weight excluding hydrogens is 236 g/mol. The Balaban J connectivity index is 2.52. The summed E-state index contributed by atoms with van der Waals surface area (Å²) in [6.45, 7) is 0. The average Bonchev–Trinajstić information content (AvgIpc) is 2.66. The first-order chi connectivity index (χ1) is 8.66. The van der Waals surface area contributed by atoms with E-state index in [1.54, 1.807) is 30.3 Å². The fraction of sp³-hybridized carbons (Fsp3) is 0. The van der Waals surface area contributed by atoms with E-state index in [4.69, 9.17) is 0 Å². The molecule has 0 saturated heterocycles. The van der Waals surface area contributed by atoms with Crippen molar-refractivity contribution >= 4 is 11.2 Å². The fourth-order valence-corrected chi connectivity index (χ4v) is 1.87. The van der Waals surface area contributed by atoms with Crippen LogP contribution >= 0.6 is 0 Å². The van der Waals surface area contributed by atoms with Crippen LogP contribution in [0.2, 0.25) is 0 Å². The molecule has 0 saturated carbocycles. The lowest BCUT2D eigenvalue weighted by Crippen LogP contribution is -2.24. The van der Waals surface area contributed by atoms with Crippen LogP contribution in [0.1, 0.15) is 0 Å². The number of hydrogen-bond acceptors (Lipinski definition) is 3. The van der Waals surface area contributed by atoms with Crippen molar-refractivity contribution in [2.24, 2.45) is 0 Å². The Labute approximate surface area is 98.7 Å². The Hall–Kier alpha value is -2.83. The van der Waals surface area contributed by atoms with Gasteiger partial charge >= 0.3 is 11.4 Å². The maximum Gasteiger partial charge on any atom is 0.332 e. The molecule has 2 heterocycles. The minimum Gasteiger partial charge on any atom is -0.292 e. The number of fused-ring (bicyclic) bond motifs is 1. The van der Waals surface area contributed by atoms with Crippen molar-refractivity contribution < 1.29 is 0 Å². The number of aromatic nitrogens is 4. The third-order valence-electron chi connectivity index (χ3n) is 2.59. The summed E-state index contributed by atoms with van der Waals surface area (Å²) in [6.07, 6.45) is 0. The van der Waals surface area contributed by atoms with Gasteiger partial charge in [0.1, 0.15) is 5.65 Å². The van der Waals surface area contributed by atoms with Crippen molar-refractivity contribution in [3.8, 4) is 5.69 Å². The molecule has 0 radical (unpaired) electrons. The molecular formula is C11H8N4O3. The molecule has 0 aliphatic carbocycles. The zero-order valence-electron chi connectivity index (χ0n) is 9.06. The molecule has 7 heteroatoms. The molecule has 0 atom stereocenters. The fourth-order valence-electron chi connectivity index (χ4n) is 1.87. The van der Waals surface area contributed by atoms with Crippen molar-refractivity contribution in [2.45, 2.75) is 0 Å². The summed E-state index contributed by atoms with van der Waals surface area (Å²) in [6, 6.07) is 8.69. The maximum absolute atomic E-state index is 11.8. The van der Waals surface area contributed by atoms with Gasteiger partial charge in [0, 0.05) is 0 Å². The second kappa shape index (κ2) is 3.59. The Morgan fingerprint density at radius 1 is 0.889 bits per heavy atom. The summed E-state index contributed by atoms with van der Waals surface area (Å²) in [7, 11) is 0. The van der Waals surface area contributed by atoms with E-state index < -0.39 is 16.9 Å². The molecule has 1 aromatic carbocycles. The first-order valence-electron chi connectivity index (χ1n) is 5.19. The lowest BCUT2D eigenvalue weighted by atomic mass is 10.3. The van der Waals surface area contributed by atoms with Crippen molar-refractivity contribution in [3.05, 3.63) is 61.7 Å².